The maximum atomic E-state index is 12.5. The van der Waals surface area contributed by atoms with Gasteiger partial charge in [-0.15, -0.1) is 0 Å². The van der Waals surface area contributed by atoms with Crippen LogP contribution < -0.4 is 14.8 Å². The van der Waals surface area contributed by atoms with Crippen LogP contribution in [0.2, 0.25) is 10.0 Å². The minimum absolute atomic E-state index is 0.212. The molecule has 4 rings (SSSR count). The maximum Gasteiger partial charge on any atom is 0.264 e. The number of benzene rings is 3. The van der Waals surface area contributed by atoms with Gasteiger partial charge in [0, 0.05) is 20.1 Å². The van der Waals surface area contributed by atoms with Crippen molar-refractivity contribution in [2.75, 3.05) is 6.61 Å². The molecule has 0 atom stereocenters. The molecule has 0 aromatic heterocycles. The van der Waals surface area contributed by atoms with Crippen molar-refractivity contribution in [1.29, 1.82) is 0 Å². The fourth-order valence-electron chi connectivity index (χ4n) is 3.16. The van der Waals surface area contributed by atoms with Crippen molar-refractivity contribution in [2.24, 2.45) is 4.99 Å². The Bertz CT molecular complexity index is 1350. The number of ether oxygens (including phenoxy) is 2. The molecule has 0 aliphatic carbocycles. The van der Waals surface area contributed by atoms with Crippen LogP contribution >= 0.6 is 66.8 Å². The molecule has 10 heteroatoms. The monoisotopic (exact) mass is 654 g/mol. The van der Waals surface area contributed by atoms with E-state index < -0.39 is 0 Å². The Morgan fingerprint density at radius 1 is 1.09 bits per heavy atom. The van der Waals surface area contributed by atoms with Gasteiger partial charge in [-0.2, -0.15) is 0 Å². The molecule has 3 aromatic carbocycles. The molecular weight excluding hydrogens is 639 g/mol. The summed E-state index contributed by atoms with van der Waals surface area (Å²) in [6.45, 7) is 2.58. The van der Waals surface area contributed by atoms with Crippen molar-refractivity contribution < 1.29 is 14.3 Å². The van der Waals surface area contributed by atoms with Gasteiger partial charge < -0.3 is 14.8 Å². The van der Waals surface area contributed by atoms with Gasteiger partial charge in [-0.1, -0.05) is 51.3 Å². The van der Waals surface area contributed by atoms with Crippen molar-refractivity contribution in [3.63, 3.8) is 0 Å². The lowest BCUT2D eigenvalue weighted by molar-refractivity contribution is -0.115. The molecular formula is C25H18Br2Cl2N2O3S. The number of carbonyl (C=O) groups is 1. The van der Waals surface area contributed by atoms with Crippen molar-refractivity contribution in [2.45, 2.75) is 13.5 Å². The number of thioether (sulfide) groups is 1. The first kappa shape index (κ1) is 26.1. The summed E-state index contributed by atoms with van der Waals surface area (Å²) < 4.78 is 13.5. The smallest absolute Gasteiger partial charge is 0.264 e. The Labute approximate surface area is 234 Å². The highest BCUT2D eigenvalue weighted by molar-refractivity contribution is 9.10. The summed E-state index contributed by atoms with van der Waals surface area (Å²) in [5.41, 5.74) is 2.32. The van der Waals surface area contributed by atoms with Crippen LogP contribution in [0.25, 0.3) is 6.08 Å². The molecule has 0 unspecified atom stereocenters. The summed E-state index contributed by atoms with van der Waals surface area (Å²) in [5.74, 6) is 0.876. The number of amides is 1. The second kappa shape index (κ2) is 11.8. The number of hydrogen-bond donors (Lipinski definition) is 1. The van der Waals surface area contributed by atoms with E-state index in [2.05, 4.69) is 42.2 Å². The molecule has 3 aromatic rings. The average Bonchev–Trinajstić information content (AvgIpc) is 3.13. The van der Waals surface area contributed by atoms with Crippen molar-refractivity contribution in [3.05, 3.63) is 89.6 Å². The first-order chi connectivity index (χ1) is 16.8. The third-order valence-corrected chi connectivity index (χ3v) is 7.29. The molecule has 1 aliphatic rings. The second-order valence-electron chi connectivity index (χ2n) is 7.25. The number of nitrogens with zero attached hydrogens (tertiary/aromatic N) is 1. The highest BCUT2D eigenvalue weighted by Crippen LogP contribution is 2.39. The Balaban J connectivity index is 1.56. The molecule has 0 bridgehead atoms. The van der Waals surface area contributed by atoms with E-state index in [4.69, 9.17) is 32.7 Å². The predicted octanol–water partition coefficient (Wildman–Crippen LogP) is 8.39. The van der Waals surface area contributed by atoms with E-state index >= 15 is 0 Å². The van der Waals surface area contributed by atoms with Gasteiger partial charge in [0.15, 0.2) is 16.7 Å². The van der Waals surface area contributed by atoms with Crippen LogP contribution in [0.4, 0.5) is 5.69 Å². The molecule has 1 N–H and O–H groups in total. The van der Waals surface area contributed by atoms with Gasteiger partial charge in [-0.3, -0.25) is 4.79 Å². The lowest BCUT2D eigenvalue weighted by atomic mass is 10.1. The van der Waals surface area contributed by atoms with Gasteiger partial charge >= 0.3 is 0 Å². The maximum absolute atomic E-state index is 12.5. The Morgan fingerprint density at radius 2 is 1.91 bits per heavy atom. The van der Waals surface area contributed by atoms with E-state index in [0.717, 1.165) is 21.3 Å². The van der Waals surface area contributed by atoms with E-state index in [-0.39, 0.29) is 12.5 Å². The first-order valence-electron chi connectivity index (χ1n) is 10.4. The Morgan fingerprint density at radius 3 is 2.66 bits per heavy atom. The number of rotatable bonds is 7. The number of carbonyl (C=O) groups excluding carboxylic acids is 1. The van der Waals surface area contributed by atoms with E-state index in [1.165, 1.54) is 11.8 Å². The minimum atomic E-state index is -0.212. The highest BCUT2D eigenvalue weighted by Gasteiger charge is 2.24. The molecule has 1 saturated heterocycles. The summed E-state index contributed by atoms with van der Waals surface area (Å²) in [6.07, 6.45) is 1.79. The number of amidine groups is 1. The SMILES string of the molecule is CCOc1cc(/C=C2\SC(=Nc3cccc(Br)c3)NC2=O)cc(Br)c1OCc1ccc(Cl)cc1Cl. The van der Waals surface area contributed by atoms with Crippen molar-refractivity contribution in [1.82, 2.24) is 5.32 Å². The third-order valence-electron chi connectivity index (χ3n) is 4.71. The van der Waals surface area contributed by atoms with Gasteiger partial charge in [-0.25, -0.2) is 4.99 Å². The van der Waals surface area contributed by atoms with Gasteiger partial charge in [0.25, 0.3) is 5.91 Å². The van der Waals surface area contributed by atoms with Crippen molar-refractivity contribution >= 4 is 89.7 Å². The summed E-state index contributed by atoms with van der Waals surface area (Å²) in [6, 6.07) is 16.5. The summed E-state index contributed by atoms with van der Waals surface area (Å²) in [7, 11) is 0. The van der Waals surface area contributed by atoms with Crippen LogP contribution in [0, 0.1) is 0 Å². The van der Waals surface area contributed by atoms with E-state index in [0.29, 0.717) is 42.7 Å². The molecule has 0 saturated carbocycles. The van der Waals surface area contributed by atoms with Gasteiger partial charge in [-0.05, 0) is 88.7 Å². The highest BCUT2D eigenvalue weighted by atomic mass is 79.9. The molecule has 1 heterocycles. The van der Waals surface area contributed by atoms with Crippen LogP contribution in [0.15, 0.2) is 73.4 Å². The zero-order valence-electron chi connectivity index (χ0n) is 18.3. The first-order valence-corrected chi connectivity index (χ1v) is 13.6. The standard InChI is InChI=1S/C25H18Br2Cl2N2O3S/c1-2-33-21-9-14(8-19(27)23(21)34-13-15-6-7-17(28)12-20(15)29)10-22-24(32)31-25(35-22)30-18-5-3-4-16(26)11-18/h3-12H,2,13H2,1H3,(H,30,31,32)/b22-10-. The van der Waals surface area contributed by atoms with Crippen LogP contribution in [-0.2, 0) is 11.4 Å². The minimum Gasteiger partial charge on any atom is -0.490 e. The zero-order chi connectivity index (χ0) is 24.9. The summed E-state index contributed by atoms with van der Waals surface area (Å²) in [5, 5.41) is 4.41. The molecule has 35 heavy (non-hydrogen) atoms. The molecule has 1 amide bonds. The fraction of sp³-hybridized carbons (Fsp3) is 0.120. The number of nitrogens with one attached hydrogen (secondary N) is 1. The third kappa shape index (κ3) is 6.83. The fourth-order valence-corrected chi connectivity index (χ4v) is 5.42. The largest absolute Gasteiger partial charge is 0.490 e. The van der Waals surface area contributed by atoms with Gasteiger partial charge in [0.2, 0.25) is 0 Å². The molecule has 0 radical (unpaired) electrons. The Kier molecular flexibility index (Phi) is 8.83. The molecule has 1 aliphatic heterocycles. The predicted molar refractivity (Wildman–Crippen MR) is 151 cm³/mol. The summed E-state index contributed by atoms with van der Waals surface area (Å²) >= 11 is 20.5. The van der Waals surface area contributed by atoms with E-state index in [9.17, 15) is 4.79 Å². The zero-order valence-corrected chi connectivity index (χ0v) is 23.8. The van der Waals surface area contributed by atoms with Crippen molar-refractivity contribution in [3.8, 4) is 11.5 Å². The van der Waals surface area contributed by atoms with Crippen LogP contribution in [0.1, 0.15) is 18.1 Å². The number of aliphatic imine (C=N–C) groups is 1. The Hall–Kier alpha value is -1.97. The summed E-state index contributed by atoms with van der Waals surface area (Å²) in [4.78, 5) is 17.6. The van der Waals surface area contributed by atoms with Crippen LogP contribution in [0.3, 0.4) is 0 Å². The quantitative estimate of drug-likeness (QED) is 0.260. The topological polar surface area (TPSA) is 59.9 Å². The molecule has 0 spiro atoms. The molecule has 5 nitrogen and oxygen atoms in total. The molecule has 180 valence electrons. The van der Waals surface area contributed by atoms with Gasteiger partial charge in [0.05, 0.1) is 21.7 Å². The molecule has 1 fully saturated rings. The van der Waals surface area contributed by atoms with E-state index in [1.807, 2.05) is 49.4 Å². The lowest BCUT2D eigenvalue weighted by Gasteiger charge is -2.15. The van der Waals surface area contributed by atoms with Crippen LogP contribution in [-0.4, -0.2) is 17.7 Å². The number of halogens is 4. The van der Waals surface area contributed by atoms with Gasteiger partial charge in [0.1, 0.15) is 6.61 Å². The average molecular weight is 657 g/mol. The van der Waals surface area contributed by atoms with Crippen LogP contribution in [0.5, 0.6) is 11.5 Å². The second-order valence-corrected chi connectivity index (χ2v) is 10.9. The lowest BCUT2D eigenvalue weighted by Crippen LogP contribution is -2.19. The van der Waals surface area contributed by atoms with E-state index in [1.54, 1.807) is 18.2 Å². The normalized spacial score (nSPS) is 15.5. The number of hydrogen-bond acceptors (Lipinski definition) is 5.